The van der Waals surface area contributed by atoms with E-state index in [0.29, 0.717) is 24.2 Å². The van der Waals surface area contributed by atoms with Crippen LogP contribution in [-0.2, 0) is 21.1 Å². The topological polar surface area (TPSA) is 101 Å². The van der Waals surface area contributed by atoms with Crippen molar-refractivity contribution >= 4 is 32.8 Å². The number of hydrogen-bond acceptors (Lipinski definition) is 5. The van der Waals surface area contributed by atoms with Crippen LogP contribution in [0.4, 0.5) is 17.1 Å². The van der Waals surface area contributed by atoms with E-state index >= 15 is 0 Å². The second-order valence-corrected chi connectivity index (χ2v) is 7.47. The summed E-state index contributed by atoms with van der Waals surface area (Å²) in [6.07, 6.45) is 2.32. The van der Waals surface area contributed by atoms with Crippen LogP contribution in [0.1, 0.15) is 18.9 Å². The number of carbonyl (C=O) groups is 1. The Hall–Kier alpha value is -1.76. The lowest BCUT2D eigenvalue weighted by atomic mass is 10.0. The molecule has 0 aromatic heterocycles. The minimum atomic E-state index is -3.04. The molecule has 4 N–H and O–H groups in total. The summed E-state index contributed by atoms with van der Waals surface area (Å²) in [5.74, 6) is 0.0309. The Kier molecular flexibility index (Phi) is 3.89. The van der Waals surface area contributed by atoms with Crippen LogP contribution in [0.15, 0.2) is 12.1 Å². The number of nitrogen functional groups attached to an aromatic ring is 1. The molecule has 1 aromatic rings. The van der Waals surface area contributed by atoms with Crippen LogP contribution in [0.5, 0.6) is 0 Å². The van der Waals surface area contributed by atoms with E-state index in [9.17, 15) is 13.2 Å². The minimum absolute atomic E-state index is 0.0111. The molecule has 110 valence electrons. The van der Waals surface area contributed by atoms with Crippen molar-refractivity contribution in [3.8, 4) is 0 Å². The molecule has 7 heteroatoms. The smallest absolute Gasteiger partial charge is 0.224 e. The first-order valence-electron chi connectivity index (χ1n) is 6.41. The highest BCUT2D eigenvalue weighted by molar-refractivity contribution is 7.90. The molecule has 0 fully saturated rings. The molecule has 0 saturated heterocycles. The molecule has 2 rings (SSSR count). The van der Waals surface area contributed by atoms with E-state index in [1.165, 1.54) is 6.26 Å². The molecular weight excluding hydrogens is 278 g/mol. The van der Waals surface area contributed by atoms with E-state index in [0.717, 1.165) is 11.3 Å². The molecule has 1 aromatic carbocycles. The summed E-state index contributed by atoms with van der Waals surface area (Å²) in [6, 6.07) is 3.36. The van der Waals surface area contributed by atoms with Crippen molar-refractivity contribution < 1.29 is 13.2 Å². The largest absolute Gasteiger partial charge is 0.397 e. The molecule has 0 saturated carbocycles. The zero-order valence-corrected chi connectivity index (χ0v) is 12.4. The third-order valence-electron chi connectivity index (χ3n) is 3.13. The number of benzene rings is 1. The lowest BCUT2D eigenvalue weighted by Crippen LogP contribution is -2.26. The van der Waals surface area contributed by atoms with Gasteiger partial charge in [0.25, 0.3) is 0 Å². The Morgan fingerprint density at radius 3 is 2.75 bits per heavy atom. The van der Waals surface area contributed by atoms with Crippen molar-refractivity contribution in [3.63, 3.8) is 0 Å². The quantitative estimate of drug-likeness (QED) is 0.720. The van der Waals surface area contributed by atoms with Crippen molar-refractivity contribution in [1.82, 2.24) is 0 Å². The summed E-state index contributed by atoms with van der Waals surface area (Å²) < 4.78 is 22.5. The molecule has 1 aliphatic rings. The van der Waals surface area contributed by atoms with Crippen LogP contribution in [0.2, 0.25) is 0 Å². The van der Waals surface area contributed by atoms with Gasteiger partial charge < -0.3 is 16.4 Å². The number of aryl methyl sites for hydroxylation is 1. The summed E-state index contributed by atoms with van der Waals surface area (Å²) in [7, 11) is -3.04. The summed E-state index contributed by atoms with van der Waals surface area (Å²) in [4.78, 5) is 11.3. The van der Waals surface area contributed by atoms with Crippen molar-refractivity contribution in [2.24, 2.45) is 0 Å². The number of rotatable bonds is 4. The summed E-state index contributed by atoms with van der Waals surface area (Å²) >= 11 is 0. The highest BCUT2D eigenvalue weighted by Gasteiger charge is 2.18. The molecule has 20 heavy (non-hydrogen) atoms. The summed E-state index contributed by atoms with van der Waals surface area (Å²) in [5, 5.41) is 5.89. The van der Waals surface area contributed by atoms with Gasteiger partial charge in [-0.3, -0.25) is 4.79 Å². The zero-order valence-electron chi connectivity index (χ0n) is 11.6. The number of amides is 1. The van der Waals surface area contributed by atoms with E-state index in [4.69, 9.17) is 5.73 Å². The average Bonchev–Trinajstić information content (AvgIpc) is 2.28. The third-order valence-corrected chi connectivity index (χ3v) is 4.23. The molecule has 0 aliphatic carbocycles. The lowest BCUT2D eigenvalue weighted by molar-refractivity contribution is -0.116. The maximum Gasteiger partial charge on any atom is 0.224 e. The van der Waals surface area contributed by atoms with Gasteiger partial charge in [-0.15, -0.1) is 0 Å². The van der Waals surface area contributed by atoms with E-state index in [-0.39, 0.29) is 17.7 Å². The number of carbonyl (C=O) groups excluding carboxylic acids is 1. The standard InChI is InChI=1S/C13H19N3O3S/c1-8(7-20(2,18)19)15-12-5-9-3-4-13(17)16-11(9)6-10(12)14/h5-6,8,15H,3-4,7,14H2,1-2H3,(H,16,17). The van der Waals surface area contributed by atoms with Crippen molar-refractivity contribution in [3.05, 3.63) is 17.7 Å². The highest BCUT2D eigenvalue weighted by atomic mass is 32.2. The molecular formula is C13H19N3O3S. The Morgan fingerprint density at radius 2 is 2.10 bits per heavy atom. The normalized spacial score (nSPS) is 16.2. The van der Waals surface area contributed by atoms with Gasteiger partial charge in [-0.25, -0.2) is 8.42 Å². The monoisotopic (exact) mass is 297 g/mol. The van der Waals surface area contributed by atoms with Crippen LogP contribution in [-0.4, -0.2) is 32.4 Å². The third kappa shape index (κ3) is 3.63. The van der Waals surface area contributed by atoms with Gasteiger partial charge in [0.2, 0.25) is 5.91 Å². The van der Waals surface area contributed by atoms with Crippen molar-refractivity contribution in [2.45, 2.75) is 25.8 Å². The van der Waals surface area contributed by atoms with Gasteiger partial charge in [0.05, 0.1) is 17.1 Å². The van der Waals surface area contributed by atoms with Crippen molar-refractivity contribution in [1.29, 1.82) is 0 Å². The van der Waals surface area contributed by atoms with E-state index in [2.05, 4.69) is 10.6 Å². The first kappa shape index (κ1) is 14.6. The second kappa shape index (κ2) is 5.32. The number of nitrogens with one attached hydrogen (secondary N) is 2. The average molecular weight is 297 g/mol. The maximum absolute atomic E-state index is 11.3. The van der Waals surface area contributed by atoms with Crippen LogP contribution < -0.4 is 16.4 Å². The fourth-order valence-electron chi connectivity index (χ4n) is 2.33. The fraction of sp³-hybridized carbons (Fsp3) is 0.462. The van der Waals surface area contributed by atoms with Crippen LogP contribution in [0.25, 0.3) is 0 Å². The number of anilines is 3. The summed E-state index contributed by atoms with van der Waals surface area (Å²) in [6.45, 7) is 1.79. The number of fused-ring (bicyclic) bond motifs is 1. The minimum Gasteiger partial charge on any atom is -0.397 e. The zero-order chi connectivity index (χ0) is 14.9. The Morgan fingerprint density at radius 1 is 1.40 bits per heavy atom. The van der Waals surface area contributed by atoms with Gasteiger partial charge in [-0.2, -0.15) is 0 Å². The van der Waals surface area contributed by atoms with Gasteiger partial charge in [-0.05, 0) is 31.0 Å². The molecule has 1 amide bonds. The number of hydrogen-bond donors (Lipinski definition) is 3. The van der Waals surface area contributed by atoms with Crippen molar-refractivity contribution in [2.75, 3.05) is 28.4 Å². The Balaban J connectivity index is 2.19. The molecule has 0 bridgehead atoms. The second-order valence-electron chi connectivity index (χ2n) is 5.28. The van der Waals surface area contributed by atoms with E-state index in [1.807, 2.05) is 6.07 Å². The fourth-order valence-corrected chi connectivity index (χ4v) is 3.32. The summed E-state index contributed by atoms with van der Waals surface area (Å²) in [5.41, 5.74) is 8.88. The molecule has 1 aliphatic heterocycles. The molecule has 1 unspecified atom stereocenters. The van der Waals surface area contributed by atoms with Crippen LogP contribution in [0, 0.1) is 0 Å². The maximum atomic E-state index is 11.3. The van der Waals surface area contributed by atoms with Gasteiger partial charge in [-0.1, -0.05) is 0 Å². The predicted octanol–water partition coefficient (Wildman–Crippen LogP) is 0.998. The van der Waals surface area contributed by atoms with Gasteiger partial charge >= 0.3 is 0 Å². The predicted molar refractivity (Wildman–Crippen MR) is 80.6 cm³/mol. The Bertz CT molecular complexity index is 641. The lowest BCUT2D eigenvalue weighted by Gasteiger charge is -2.21. The molecule has 6 nitrogen and oxygen atoms in total. The van der Waals surface area contributed by atoms with E-state index < -0.39 is 9.84 Å². The SMILES string of the molecule is CC(CS(C)(=O)=O)Nc1cc2c(cc1N)NC(=O)CC2. The molecule has 1 heterocycles. The number of sulfone groups is 1. The highest BCUT2D eigenvalue weighted by Crippen LogP contribution is 2.31. The van der Waals surface area contributed by atoms with Gasteiger partial charge in [0.1, 0.15) is 9.84 Å². The molecule has 0 spiro atoms. The van der Waals surface area contributed by atoms with Gasteiger partial charge in [0, 0.05) is 24.4 Å². The first-order valence-corrected chi connectivity index (χ1v) is 8.47. The Labute approximate surface area is 118 Å². The van der Waals surface area contributed by atoms with Crippen LogP contribution in [0.3, 0.4) is 0 Å². The van der Waals surface area contributed by atoms with Crippen LogP contribution >= 0.6 is 0 Å². The molecule has 0 radical (unpaired) electrons. The number of nitrogens with two attached hydrogens (primary N) is 1. The first-order chi connectivity index (χ1) is 9.24. The van der Waals surface area contributed by atoms with Gasteiger partial charge in [0.15, 0.2) is 0 Å². The molecule has 1 atom stereocenters. The van der Waals surface area contributed by atoms with E-state index in [1.54, 1.807) is 13.0 Å².